The maximum Gasteiger partial charge on any atom is 0.416 e. The molecule has 1 amide bonds. The van der Waals surface area contributed by atoms with Crippen molar-refractivity contribution < 1.29 is 18.0 Å². The fourth-order valence-corrected chi connectivity index (χ4v) is 4.06. The molecule has 0 saturated heterocycles. The van der Waals surface area contributed by atoms with Crippen LogP contribution in [0.15, 0.2) is 91.3 Å². The van der Waals surface area contributed by atoms with Gasteiger partial charge in [0, 0.05) is 23.9 Å². The molecule has 0 fully saturated rings. The number of fused-ring (bicyclic) bond motifs is 1. The Kier molecular flexibility index (Phi) is 6.01. The Balaban J connectivity index is 1.44. The van der Waals surface area contributed by atoms with Gasteiger partial charge >= 0.3 is 6.18 Å². The van der Waals surface area contributed by atoms with Crippen LogP contribution in [0, 0.1) is 6.92 Å². The Morgan fingerprint density at radius 1 is 0.944 bits per heavy atom. The highest BCUT2D eigenvalue weighted by Gasteiger charge is 2.31. The highest BCUT2D eigenvalue weighted by Crippen LogP contribution is 2.35. The first kappa shape index (κ1) is 23.3. The van der Waals surface area contributed by atoms with Gasteiger partial charge in [0.1, 0.15) is 0 Å². The maximum absolute atomic E-state index is 13.6. The summed E-state index contributed by atoms with van der Waals surface area (Å²) in [5, 5.41) is 6.97. The van der Waals surface area contributed by atoms with Crippen LogP contribution in [-0.2, 0) is 12.6 Å². The molecular weight excluding hydrogens is 465 g/mol. The second-order valence-corrected chi connectivity index (χ2v) is 8.48. The van der Waals surface area contributed by atoms with E-state index in [9.17, 15) is 18.0 Å². The molecule has 5 rings (SSSR count). The van der Waals surface area contributed by atoms with E-state index >= 15 is 0 Å². The molecule has 0 aliphatic heterocycles. The van der Waals surface area contributed by atoms with E-state index in [-0.39, 0.29) is 5.69 Å². The Morgan fingerprint density at radius 2 is 1.75 bits per heavy atom. The molecule has 0 bridgehead atoms. The standard InChI is InChI=1S/C28H21F3N4O/c1-18-9-10-20(12-21(18)15-25-17-32-26-8-5-11-33-35(25)26)27(36)34-24-14-22(19-6-3-2-4-7-19)13-23(16-24)28(29,30)31/h2-14,16-17H,15H2,1H3,(H,34,36). The summed E-state index contributed by atoms with van der Waals surface area (Å²) >= 11 is 0. The van der Waals surface area contributed by atoms with Crippen molar-refractivity contribution in [3.05, 3.63) is 119 Å². The molecule has 5 nitrogen and oxygen atoms in total. The lowest BCUT2D eigenvalue weighted by Gasteiger charge is -2.14. The summed E-state index contributed by atoms with van der Waals surface area (Å²) in [7, 11) is 0. The molecule has 0 atom stereocenters. The molecule has 0 saturated carbocycles. The second-order valence-electron chi connectivity index (χ2n) is 8.48. The number of anilines is 1. The summed E-state index contributed by atoms with van der Waals surface area (Å²) in [5.74, 6) is -0.495. The minimum absolute atomic E-state index is 0.0711. The van der Waals surface area contributed by atoms with E-state index in [1.165, 1.54) is 0 Å². The zero-order chi connectivity index (χ0) is 25.3. The molecule has 0 spiro atoms. The average Bonchev–Trinajstić information content (AvgIpc) is 3.28. The largest absolute Gasteiger partial charge is 0.416 e. The molecule has 180 valence electrons. The molecule has 3 aromatic carbocycles. The molecule has 0 radical (unpaired) electrons. The van der Waals surface area contributed by atoms with E-state index in [1.807, 2.05) is 19.1 Å². The quantitative estimate of drug-likeness (QED) is 0.306. The first-order valence-corrected chi connectivity index (χ1v) is 11.2. The van der Waals surface area contributed by atoms with Gasteiger partial charge in [-0.2, -0.15) is 18.3 Å². The van der Waals surface area contributed by atoms with Gasteiger partial charge in [-0.1, -0.05) is 36.4 Å². The third-order valence-corrected chi connectivity index (χ3v) is 5.96. The number of carbonyl (C=O) groups excluding carboxylic acids is 1. The van der Waals surface area contributed by atoms with Gasteiger partial charge in [0.25, 0.3) is 5.91 Å². The van der Waals surface area contributed by atoms with Gasteiger partial charge in [-0.15, -0.1) is 0 Å². The van der Waals surface area contributed by atoms with Crippen molar-refractivity contribution in [2.75, 3.05) is 5.32 Å². The predicted octanol–water partition coefficient (Wildman–Crippen LogP) is 6.57. The lowest BCUT2D eigenvalue weighted by atomic mass is 10.00. The van der Waals surface area contributed by atoms with Gasteiger partial charge < -0.3 is 5.32 Å². The normalized spacial score (nSPS) is 11.6. The first-order valence-electron chi connectivity index (χ1n) is 11.2. The molecule has 0 aliphatic carbocycles. The third-order valence-electron chi connectivity index (χ3n) is 5.96. The van der Waals surface area contributed by atoms with Crippen LogP contribution in [-0.4, -0.2) is 20.5 Å². The molecule has 36 heavy (non-hydrogen) atoms. The van der Waals surface area contributed by atoms with Crippen molar-refractivity contribution in [2.45, 2.75) is 19.5 Å². The number of aryl methyl sites for hydroxylation is 1. The number of nitrogens with zero attached hydrogens (tertiary/aromatic N) is 3. The lowest BCUT2D eigenvalue weighted by molar-refractivity contribution is -0.137. The Morgan fingerprint density at radius 3 is 2.53 bits per heavy atom. The Hall–Kier alpha value is -4.46. The molecule has 5 aromatic rings. The third kappa shape index (κ3) is 4.84. The smallest absolute Gasteiger partial charge is 0.322 e. The summed E-state index contributed by atoms with van der Waals surface area (Å²) in [4.78, 5) is 17.4. The number of carbonyl (C=O) groups is 1. The number of benzene rings is 3. The topological polar surface area (TPSA) is 59.3 Å². The van der Waals surface area contributed by atoms with E-state index < -0.39 is 17.6 Å². The lowest BCUT2D eigenvalue weighted by Crippen LogP contribution is -2.14. The van der Waals surface area contributed by atoms with Crippen molar-refractivity contribution in [3.8, 4) is 11.1 Å². The van der Waals surface area contributed by atoms with E-state index in [4.69, 9.17) is 0 Å². The summed E-state index contributed by atoms with van der Waals surface area (Å²) in [6.45, 7) is 1.94. The number of imidazole rings is 1. The van der Waals surface area contributed by atoms with Gasteiger partial charge in [0.2, 0.25) is 0 Å². The number of amides is 1. The van der Waals surface area contributed by atoms with Crippen LogP contribution in [0.2, 0.25) is 0 Å². The molecule has 0 aliphatic rings. The fourth-order valence-electron chi connectivity index (χ4n) is 4.06. The van der Waals surface area contributed by atoms with E-state index in [1.54, 1.807) is 71.5 Å². The molecule has 8 heteroatoms. The van der Waals surface area contributed by atoms with Crippen molar-refractivity contribution in [2.24, 2.45) is 0 Å². The summed E-state index contributed by atoms with van der Waals surface area (Å²) in [6.07, 6.45) is -0.647. The van der Waals surface area contributed by atoms with Gasteiger partial charge in [-0.05, 0) is 71.6 Å². The monoisotopic (exact) mass is 486 g/mol. The van der Waals surface area contributed by atoms with Crippen LogP contribution in [0.25, 0.3) is 16.8 Å². The number of alkyl halides is 3. The number of hydrogen-bond acceptors (Lipinski definition) is 3. The van der Waals surface area contributed by atoms with Gasteiger partial charge in [-0.3, -0.25) is 4.79 Å². The van der Waals surface area contributed by atoms with Crippen LogP contribution < -0.4 is 5.32 Å². The zero-order valence-electron chi connectivity index (χ0n) is 19.3. The highest BCUT2D eigenvalue weighted by molar-refractivity contribution is 6.04. The molecule has 0 unspecified atom stereocenters. The first-order chi connectivity index (χ1) is 17.3. The highest BCUT2D eigenvalue weighted by atomic mass is 19.4. The average molecular weight is 486 g/mol. The van der Waals surface area contributed by atoms with Gasteiger partial charge in [-0.25, -0.2) is 9.50 Å². The van der Waals surface area contributed by atoms with Gasteiger partial charge in [0.05, 0.1) is 17.5 Å². The van der Waals surface area contributed by atoms with E-state index in [0.717, 1.165) is 34.6 Å². The fraction of sp³-hybridized carbons (Fsp3) is 0.107. The number of hydrogen-bond donors (Lipinski definition) is 1. The number of halogens is 3. The van der Waals surface area contributed by atoms with E-state index in [0.29, 0.717) is 23.1 Å². The molecule has 1 N–H and O–H groups in total. The summed E-state index contributed by atoms with van der Waals surface area (Å²) < 4.78 is 42.5. The van der Waals surface area contributed by atoms with Crippen molar-refractivity contribution in [1.82, 2.24) is 14.6 Å². The van der Waals surface area contributed by atoms with Crippen LogP contribution in [0.3, 0.4) is 0 Å². The predicted molar refractivity (Wildman–Crippen MR) is 132 cm³/mol. The van der Waals surface area contributed by atoms with Crippen molar-refractivity contribution in [1.29, 1.82) is 0 Å². The molecule has 2 aromatic heterocycles. The minimum Gasteiger partial charge on any atom is -0.322 e. The van der Waals surface area contributed by atoms with Gasteiger partial charge in [0.15, 0.2) is 5.65 Å². The van der Waals surface area contributed by atoms with Crippen LogP contribution >= 0.6 is 0 Å². The summed E-state index contributed by atoms with van der Waals surface area (Å²) in [6, 6.07) is 21.2. The van der Waals surface area contributed by atoms with Crippen molar-refractivity contribution in [3.63, 3.8) is 0 Å². The second kappa shape index (κ2) is 9.30. The molecule has 2 heterocycles. The number of aromatic nitrogens is 3. The minimum atomic E-state index is -4.55. The number of rotatable bonds is 5. The van der Waals surface area contributed by atoms with Crippen LogP contribution in [0.4, 0.5) is 18.9 Å². The van der Waals surface area contributed by atoms with E-state index in [2.05, 4.69) is 15.4 Å². The van der Waals surface area contributed by atoms with Crippen molar-refractivity contribution >= 4 is 17.2 Å². The molecular formula is C28H21F3N4O. The maximum atomic E-state index is 13.6. The summed E-state index contributed by atoms with van der Waals surface area (Å²) in [5.41, 5.74) is 4.02. The van der Waals surface area contributed by atoms with Crippen LogP contribution in [0.1, 0.15) is 32.7 Å². The Bertz CT molecular complexity index is 1560. The van der Waals surface area contributed by atoms with Crippen LogP contribution in [0.5, 0.6) is 0 Å². The number of nitrogens with one attached hydrogen (secondary N) is 1. The SMILES string of the molecule is Cc1ccc(C(=O)Nc2cc(-c3ccccc3)cc(C(F)(F)F)c2)cc1Cc1cnc2cccnn12. The Labute approximate surface area is 205 Å². The zero-order valence-corrected chi connectivity index (χ0v) is 19.3.